The molecule has 1 saturated heterocycles. The highest BCUT2D eigenvalue weighted by molar-refractivity contribution is 5.92. The van der Waals surface area contributed by atoms with Crippen LogP contribution in [0, 0.1) is 0 Å². The molecule has 182 valence electrons. The molecule has 0 unspecified atom stereocenters. The lowest BCUT2D eigenvalue weighted by Gasteiger charge is -2.31. The molecule has 1 N–H and O–H groups in total. The van der Waals surface area contributed by atoms with Crippen molar-refractivity contribution in [2.75, 3.05) is 33.4 Å². The van der Waals surface area contributed by atoms with Crippen molar-refractivity contribution in [2.24, 2.45) is 0 Å². The first-order valence-corrected chi connectivity index (χ1v) is 11.9. The minimum absolute atomic E-state index is 0.114. The fraction of sp³-hybridized carbons (Fsp3) is 0.333. The molecule has 0 bridgehead atoms. The molecule has 1 fully saturated rings. The molecule has 0 atom stereocenters. The third-order valence-corrected chi connectivity index (χ3v) is 6.68. The molecule has 5 rings (SSSR count). The Bertz CT molecular complexity index is 1290. The summed E-state index contributed by atoms with van der Waals surface area (Å²) in [5, 5.41) is 10.7. The van der Waals surface area contributed by atoms with Crippen molar-refractivity contribution in [1.82, 2.24) is 14.5 Å². The van der Waals surface area contributed by atoms with E-state index < -0.39 is 5.97 Å². The van der Waals surface area contributed by atoms with E-state index in [1.165, 1.54) is 24.1 Å². The van der Waals surface area contributed by atoms with E-state index in [0.717, 1.165) is 43.9 Å². The van der Waals surface area contributed by atoms with Crippen LogP contribution in [0.2, 0.25) is 0 Å². The van der Waals surface area contributed by atoms with Crippen molar-refractivity contribution in [2.45, 2.75) is 25.3 Å². The van der Waals surface area contributed by atoms with Crippen LogP contribution in [0.4, 0.5) is 0 Å². The number of pyridine rings is 1. The Morgan fingerprint density at radius 2 is 2.03 bits per heavy atom. The zero-order valence-electron chi connectivity index (χ0n) is 19.7. The minimum atomic E-state index is -1.03. The number of hydrogen-bond acceptors (Lipinski definition) is 6. The summed E-state index contributed by atoms with van der Waals surface area (Å²) < 4.78 is 18.9. The number of para-hydroxylation sites is 1. The summed E-state index contributed by atoms with van der Waals surface area (Å²) in [6.07, 6.45) is 7.86. The van der Waals surface area contributed by atoms with Crippen LogP contribution in [-0.4, -0.2) is 58.9 Å². The van der Waals surface area contributed by atoms with Gasteiger partial charge in [-0.1, -0.05) is 6.07 Å². The van der Waals surface area contributed by atoms with Crippen LogP contribution in [0.1, 0.15) is 40.4 Å². The number of carboxylic acids is 1. The number of ether oxygens (including phenoxy) is 2. The molecule has 0 aliphatic carbocycles. The van der Waals surface area contributed by atoms with Crippen LogP contribution in [0.15, 0.2) is 65.5 Å². The predicted octanol–water partition coefficient (Wildman–Crippen LogP) is 4.64. The first-order valence-electron chi connectivity index (χ1n) is 11.9. The van der Waals surface area contributed by atoms with E-state index in [4.69, 9.17) is 13.9 Å². The molecule has 0 saturated carbocycles. The van der Waals surface area contributed by atoms with Crippen LogP contribution in [-0.2, 0) is 6.54 Å². The lowest BCUT2D eigenvalue weighted by atomic mass is 9.89. The fourth-order valence-corrected chi connectivity index (χ4v) is 4.90. The van der Waals surface area contributed by atoms with Gasteiger partial charge < -0.3 is 23.6 Å². The van der Waals surface area contributed by atoms with Gasteiger partial charge in [-0.25, -0.2) is 9.78 Å². The molecular formula is C27H29N3O5. The van der Waals surface area contributed by atoms with E-state index in [1.54, 1.807) is 18.4 Å². The van der Waals surface area contributed by atoms with Gasteiger partial charge in [0, 0.05) is 24.3 Å². The average molecular weight is 476 g/mol. The number of carboxylic acid groups (broad SMARTS) is 1. The normalized spacial score (nSPS) is 14.9. The highest BCUT2D eigenvalue weighted by Gasteiger charge is 2.25. The summed E-state index contributed by atoms with van der Waals surface area (Å²) in [7, 11) is 1.51. The van der Waals surface area contributed by atoms with Crippen LogP contribution < -0.4 is 9.47 Å². The average Bonchev–Trinajstić information content (AvgIpc) is 3.53. The highest BCUT2D eigenvalue weighted by Crippen LogP contribution is 2.35. The Morgan fingerprint density at radius 1 is 1.17 bits per heavy atom. The predicted molar refractivity (Wildman–Crippen MR) is 131 cm³/mol. The zero-order chi connectivity index (χ0) is 24.2. The van der Waals surface area contributed by atoms with Crippen molar-refractivity contribution in [3.05, 3.63) is 78.0 Å². The van der Waals surface area contributed by atoms with Gasteiger partial charge >= 0.3 is 5.97 Å². The summed E-state index contributed by atoms with van der Waals surface area (Å²) in [5.74, 6) is 1.07. The smallest absolute Gasteiger partial charge is 0.339 e. The largest absolute Gasteiger partial charge is 0.493 e. The van der Waals surface area contributed by atoms with Crippen LogP contribution >= 0.6 is 0 Å². The number of hydrogen-bond donors (Lipinski definition) is 1. The van der Waals surface area contributed by atoms with Crippen LogP contribution in [0.25, 0.3) is 11.0 Å². The Morgan fingerprint density at radius 3 is 2.77 bits per heavy atom. The number of furan rings is 1. The number of nitrogens with zero attached hydrogens (tertiary/aromatic N) is 3. The van der Waals surface area contributed by atoms with Gasteiger partial charge in [0.1, 0.15) is 23.6 Å². The van der Waals surface area contributed by atoms with E-state index in [2.05, 4.69) is 26.7 Å². The molecular weight excluding hydrogens is 446 g/mol. The molecule has 1 aromatic carbocycles. The number of methoxy groups -OCH3 is 1. The molecule has 35 heavy (non-hydrogen) atoms. The standard InChI is InChI=1S/C27H29N3O5/c1-33-24-8-2-6-22(27(31)32)25(24)35-16-14-29-12-9-19(10-13-29)23-18-30(17-20-5-4-15-34-20)26-21(23)7-3-11-28-26/h2-8,11,15,18-19H,9-10,12-14,16-17H2,1H3,(H,31,32). The van der Waals surface area contributed by atoms with Gasteiger partial charge in [-0.3, -0.25) is 4.90 Å². The minimum Gasteiger partial charge on any atom is -0.493 e. The fourth-order valence-electron chi connectivity index (χ4n) is 4.90. The number of aromatic carboxylic acids is 1. The molecule has 0 amide bonds. The number of benzene rings is 1. The summed E-state index contributed by atoms with van der Waals surface area (Å²) in [6.45, 7) is 3.70. The molecule has 0 radical (unpaired) electrons. The van der Waals surface area contributed by atoms with Crippen molar-refractivity contribution >= 4 is 17.0 Å². The van der Waals surface area contributed by atoms with Crippen molar-refractivity contribution in [1.29, 1.82) is 0 Å². The number of rotatable bonds is 9. The molecule has 8 heteroatoms. The van der Waals surface area contributed by atoms with Crippen LogP contribution in [0.3, 0.4) is 0 Å². The van der Waals surface area contributed by atoms with Crippen molar-refractivity contribution in [3.8, 4) is 11.5 Å². The van der Waals surface area contributed by atoms with E-state index in [1.807, 2.05) is 24.4 Å². The first kappa shape index (κ1) is 23.0. The van der Waals surface area contributed by atoms with Gasteiger partial charge in [-0.2, -0.15) is 0 Å². The zero-order valence-corrected chi connectivity index (χ0v) is 19.7. The van der Waals surface area contributed by atoms with Gasteiger partial charge in [0.15, 0.2) is 11.5 Å². The maximum absolute atomic E-state index is 11.6. The lowest BCUT2D eigenvalue weighted by Crippen LogP contribution is -2.36. The topological polar surface area (TPSA) is 90.0 Å². The molecule has 1 aliphatic heterocycles. The van der Waals surface area contributed by atoms with Crippen molar-refractivity contribution < 1.29 is 23.8 Å². The van der Waals surface area contributed by atoms with E-state index in [0.29, 0.717) is 24.8 Å². The number of piperidine rings is 1. The third-order valence-electron chi connectivity index (χ3n) is 6.68. The molecule has 8 nitrogen and oxygen atoms in total. The molecule has 4 aromatic rings. The molecule has 3 aromatic heterocycles. The maximum Gasteiger partial charge on any atom is 0.339 e. The van der Waals surface area contributed by atoms with E-state index in [-0.39, 0.29) is 11.3 Å². The van der Waals surface area contributed by atoms with E-state index >= 15 is 0 Å². The highest BCUT2D eigenvalue weighted by atomic mass is 16.5. The Kier molecular flexibility index (Phi) is 6.72. The van der Waals surface area contributed by atoms with Gasteiger partial charge in [-0.15, -0.1) is 0 Å². The number of aromatic nitrogens is 2. The van der Waals surface area contributed by atoms with Crippen molar-refractivity contribution in [3.63, 3.8) is 0 Å². The van der Waals surface area contributed by atoms with E-state index in [9.17, 15) is 9.90 Å². The summed E-state index contributed by atoms with van der Waals surface area (Å²) >= 11 is 0. The number of likely N-dealkylation sites (tertiary alicyclic amines) is 1. The second-order valence-corrected chi connectivity index (χ2v) is 8.77. The Hall–Kier alpha value is -3.78. The number of carbonyl (C=O) groups is 1. The monoisotopic (exact) mass is 475 g/mol. The Labute approximate surface area is 203 Å². The maximum atomic E-state index is 11.6. The lowest BCUT2D eigenvalue weighted by molar-refractivity contribution is 0.0690. The molecule has 4 heterocycles. The second kappa shape index (κ2) is 10.2. The summed E-state index contributed by atoms with van der Waals surface area (Å²) in [5.41, 5.74) is 2.44. The van der Waals surface area contributed by atoms with Gasteiger partial charge in [0.05, 0.1) is 19.9 Å². The SMILES string of the molecule is COc1cccc(C(=O)O)c1OCCN1CCC(c2cn(Cc3ccco3)c3ncccc23)CC1. The van der Waals surface area contributed by atoms with Gasteiger partial charge in [0.2, 0.25) is 0 Å². The summed E-state index contributed by atoms with van der Waals surface area (Å²) in [6, 6.07) is 12.9. The number of fused-ring (bicyclic) bond motifs is 1. The molecule has 0 spiro atoms. The Balaban J connectivity index is 1.21. The third kappa shape index (κ3) is 4.88. The summed E-state index contributed by atoms with van der Waals surface area (Å²) in [4.78, 5) is 18.6. The van der Waals surface area contributed by atoms with Gasteiger partial charge in [0.25, 0.3) is 0 Å². The quantitative estimate of drug-likeness (QED) is 0.377. The van der Waals surface area contributed by atoms with Crippen LogP contribution in [0.5, 0.6) is 11.5 Å². The van der Waals surface area contributed by atoms with Gasteiger partial charge in [-0.05, 0) is 73.8 Å². The molecule has 1 aliphatic rings. The second-order valence-electron chi connectivity index (χ2n) is 8.77. The first-order chi connectivity index (χ1) is 17.1.